The molecule has 0 atom stereocenters. The number of rotatable bonds is 5. The number of aromatic carboxylic acids is 1. The molecule has 0 saturated heterocycles. The van der Waals surface area contributed by atoms with Crippen LogP contribution in [0.5, 0.6) is 11.5 Å². The van der Waals surface area contributed by atoms with Gasteiger partial charge in [0.05, 0.1) is 11.3 Å². The molecule has 0 unspecified atom stereocenters. The summed E-state index contributed by atoms with van der Waals surface area (Å²) in [5.41, 5.74) is -0.107. The maximum absolute atomic E-state index is 11.8. The van der Waals surface area contributed by atoms with Gasteiger partial charge in [0.15, 0.2) is 6.61 Å². The van der Waals surface area contributed by atoms with Crippen LogP contribution in [0.25, 0.3) is 0 Å². The van der Waals surface area contributed by atoms with Crippen LogP contribution in [0.4, 0.5) is 5.69 Å². The van der Waals surface area contributed by atoms with Crippen molar-refractivity contribution in [2.45, 2.75) is 0 Å². The Kier molecular flexibility index (Phi) is 5.00. The SMILES string of the molecule is O=C(COc1cccc(Br)c1)Nc1ccc(O)cc1C(=O)O. The molecule has 0 fully saturated rings. The molecule has 2 rings (SSSR count). The lowest BCUT2D eigenvalue weighted by molar-refractivity contribution is -0.118. The Labute approximate surface area is 134 Å². The quantitative estimate of drug-likeness (QED) is 0.708. The zero-order valence-corrected chi connectivity index (χ0v) is 12.8. The van der Waals surface area contributed by atoms with Gasteiger partial charge < -0.3 is 20.3 Å². The molecule has 3 N–H and O–H groups in total. The van der Waals surface area contributed by atoms with Crippen LogP contribution in [0.2, 0.25) is 0 Å². The Balaban J connectivity index is 2.02. The number of anilines is 1. The number of amides is 1. The van der Waals surface area contributed by atoms with Gasteiger partial charge in [0.25, 0.3) is 5.91 Å². The van der Waals surface area contributed by atoms with E-state index in [1.807, 2.05) is 6.07 Å². The van der Waals surface area contributed by atoms with E-state index in [1.165, 1.54) is 12.1 Å². The predicted octanol–water partition coefficient (Wildman–Crippen LogP) is 2.87. The summed E-state index contributed by atoms with van der Waals surface area (Å²) in [5, 5.41) is 20.8. The van der Waals surface area contributed by atoms with Gasteiger partial charge in [0, 0.05) is 4.47 Å². The van der Waals surface area contributed by atoms with Crippen molar-refractivity contribution in [3.8, 4) is 11.5 Å². The van der Waals surface area contributed by atoms with Gasteiger partial charge in [-0.3, -0.25) is 4.79 Å². The molecule has 114 valence electrons. The molecule has 0 bridgehead atoms. The largest absolute Gasteiger partial charge is 0.508 e. The molecule has 0 aliphatic carbocycles. The standard InChI is InChI=1S/C15H12BrNO5/c16-9-2-1-3-11(6-9)22-8-14(19)17-13-5-4-10(18)7-12(13)15(20)21/h1-7,18H,8H2,(H,17,19)(H,20,21). The van der Waals surface area contributed by atoms with Crippen LogP contribution in [-0.2, 0) is 4.79 Å². The number of hydrogen-bond acceptors (Lipinski definition) is 4. The third kappa shape index (κ3) is 4.23. The van der Waals surface area contributed by atoms with Crippen LogP contribution in [0, 0.1) is 0 Å². The van der Waals surface area contributed by atoms with Crippen LogP contribution in [0.1, 0.15) is 10.4 Å². The number of carbonyl (C=O) groups is 2. The average Bonchev–Trinajstić information content (AvgIpc) is 2.47. The molecule has 2 aromatic carbocycles. The minimum Gasteiger partial charge on any atom is -0.508 e. The number of carboxylic acids is 1. The van der Waals surface area contributed by atoms with Gasteiger partial charge in [-0.2, -0.15) is 0 Å². The molecule has 0 spiro atoms. The van der Waals surface area contributed by atoms with Gasteiger partial charge >= 0.3 is 5.97 Å². The normalized spacial score (nSPS) is 10.0. The maximum Gasteiger partial charge on any atom is 0.337 e. The molecule has 22 heavy (non-hydrogen) atoms. The smallest absolute Gasteiger partial charge is 0.337 e. The summed E-state index contributed by atoms with van der Waals surface area (Å²) in [6.07, 6.45) is 0. The number of carbonyl (C=O) groups excluding carboxylic acids is 1. The molecular formula is C15H12BrNO5. The van der Waals surface area contributed by atoms with Crippen molar-refractivity contribution < 1.29 is 24.5 Å². The monoisotopic (exact) mass is 365 g/mol. The first-order chi connectivity index (χ1) is 10.5. The van der Waals surface area contributed by atoms with Gasteiger partial charge in [-0.05, 0) is 36.4 Å². The number of phenolic OH excluding ortho intramolecular Hbond substituents is 1. The van der Waals surface area contributed by atoms with E-state index < -0.39 is 11.9 Å². The lowest BCUT2D eigenvalue weighted by atomic mass is 10.1. The van der Waals surface area contributed by atoms with Crippen molar-refractivity contribution in [3.05, 3.63) is 52.5 Å². The number of phenols is 1. The van der Waals surface area contributed by atoms with Crippen LogP contribution in [0.15, 0.2) is 46.9 Å². The van der Waals surface area contributed by atoms with Gasteiger partial charge in [-0.25, -0.2) is 4.79 Å². The molecule has 0 aliphatic rings. The molecule has 0 aliphatic heterocycles. The highest BCUT2D eigenvalue weighted by Crippen LogP contribution is 2.21. The van der Waals surface area contributed by atoms with E-state index >= 15 is 0 Å². The molecular weight excluding hydrogens is 354 g/mol. The van der Waals surface area contributed by atoms with Crippen molar-refractivity contribution in [1.82, 2.24) is 0 Å². The third-order valence-electron chi connectivity index (χ3n) is 2.67. The predicted molar refractivity (Wildman–Crippen MR) is 83.3 cm³/mol. The van der Waals surface area contributed by atoms with E-state index in [0.717, 1.165) is 10.5 Å². The highest BCUT2D eigenvalue weighted by Gasteiger charge is 2.13. The lowest BCUT2D eigenvalue weighted by Gasteiger charge is -2.10. The van der Waals surface area contributed by atoms with E-state index in [-0.39, 0.29) is 23.6 Å². The summed E-state index contributed by atoms with van der Waals surface area (Å²) in [6.45, 7) is -0.267. The summed E-state index contributed by atoms with van der Waals surface area (Å²) < 4.78 is 6.12. The highest BCUT2D eigenvalue weighted by molar-refractivity contribution is 9.10. The Morgan fingerprint density at radius 2 is 1.95 bits per heavy atom. The molecule has 0 saturated carbocycles. The molecule has 0 heterocycles. The van der Waals surface area contributed by atoms with Crippen molar-refractivity contribution in [1.29, 1.82) is 0 Å². The highest BCUT2D eigenvalue weighted by atomic mass is 79.9. The minimum absolute atomic E-state index is 0.0909. The van der Waals surface area contributed by atoms with Crippen LogP contribution < -0.4 is 10.1 Å². The van der Waals surface area contributed by atoms with Gasteiger partial charge in [0.1, 0.15) is 11.5 Å². The van der Waals surface area contributed by atoms with Gasteiger partial charge in [-0.15, -0.1) is 0 Å². The third-order valence-corrected chi connectivity index (χ3v) is 3.17. The number of nitrogens with one attached hydrogen (secondary N) is 1. The Morgan fingerprint density at radius 3 is 2.64 bits per heavy atom. The fourth-order valence-electron chi connectivity index (χ4n) is 1.71. The molecule has 1 amide bonds. The van der Waals surface area contributed by atoms with Crippen molar-refractivity contribution in [2.24, 2.45) is 0 Å². The van der Waals surface area contributed by atoms with E-state index in [1.54, 1.807) is 18.2 Å². The van der Waals surface area contributed by atoms with E-state index in [9.17, 15) is 14.7 Å². The van der Waals surface area contributed by atoms with Crippen molar-refractivity contribution >= 4 is 33.5 Å². The zero-order chi connectivity index (χ0) is 16.1. The summed E-state index contributed by atoms with van der Waals surface area (Å²) in [4.78, 5) is 22.9. The molecule has 7 heteroatoms. The lowest BCUT2D eigenvalue weighted by Crippen LogP contribution is -2.21. The number of benzene rings is 2. The summed E-state index contributed by atoms with van der Waals surface area (Å²) in [5.74, 6) is -1.44. The second-order valence-corrected chi connectivity index (χ2v) is 5.24. The van der Waals surface area contributed by atoms with E-state index in [0.29, 0.717) is 5.75 Å². The molecule has 0 radical (unpaired) electrons. The second kappa shape index (κ2) is 6.95. The van der Waals surface area contributed by atoms with Gasteiger partial charge in [-0.1, -0.05) is 22.0 Å². The number of aromatic hydroxyl groups is 1. The molecule has 6 nitrogen and oxygen atoms in total. The average molecular weight is 366 g/mol. The van der Waals surface area contributed by atoms with E-state index in [2.05, 4.69) is 21.2 Å². The summed E-state index contributed by atoms with van der Waals surface area (Å²) in [6, 6.07) is 10.7. The van der Waals surface area contributed by atoms with Gasteiger partial charge in [0.2, 0.25) is 0 Å². The Bertz CT molecular complexity index is 717. The number of halogens is 1. The number of carboxylic acid groups (broad SMARTS) is 1. The minimum atomic E-state index is -1.25. The molecule has 2 aromatic rings. The van der Waals surface area contributed by atoms with Crippen LogP contribution in [-0.4, -0.2) is 28.7 Å². The fourth-order valence-corrected chi connectivity index (χ4v) is 2.09. The summed E-state index contributed by atoms with van der Waals surface area (Å²) >= 11 is 3.29. The van der Waals surface area contributed by atoms with E-state index in [4.69, 9.17) is 9.84 Å². The fraction of sp³-hybridized carbons (Fsp3) is 0.0667. The summed E-state index contributed by atoms with van der Waals surface area (Å²) in [7, 11) is 0. The number of hydrogen-bond donors (Lipinski definition) is 3. The Hall–Kier alpha value is -2.54. The second-order valence-electron chi connectivity index (χ2n) is 4.33. The zero-order valence-electron chi connectivity index (χ0n) is 11.2. The first kappa shape index (κ1) is 15.8. The van der Waals surface area contributed by atoms with Crippen LogP contribution in [0.3, 0.4) is 0 Å². The van der Waals surface area contributed by atoms with Crippen molar-refractivity contribution in [3.63, 3.8) is 0 Å². The number of ether oxygens (including phenoxy) is 1. The van der Waals surface area contributed by atoms with Crippen LogP contribution >= 0.6 is 15.9 Å². The maximum atomic E-state index is 11.8. The first-order valence-electron chi connectivity index (χ1n) is 6.20. The first-order valence-corrected chi connectivity index (χ1v) is 6.99. The topological polar surface area (TPSA) is 95.9 Å². The van der Waals surface area contributed by atoms with Crippen molar-refractivity contribution in [2.75, 3.05) is 11.9 Å². The molecule has 0 aromatic heterocycles. The Morgan fingerprint density at radius 1 is 1.18 bits per heavy atom.